The Morgan fingerprint density at radius 1 is 0.925 bits per heavy atom. The third kappa shape index (κ3) is 5.04. The summed E-state index contributed by atoms with van der Waals surface area (Å²) in [6.45, 7) is 6.93. The summed E-state index contributed by atoms with van der Waals surface area (Å²) in [4.78, 5) is 29.7. The van der Waals surface area contributed by atoms with E-state index in [-0.39, 0.29) is 17.1 Å². The molecule has 1 aliphatic rings. The van der Waals surface area contributed by atoms with E-state index in [4.69, 9.17) is 18.6 Å². The predicted molar refractivity (Wildman–Crippen MR) is 155 cm³/mol. The zero-order valence-electron chi connectivity index (χ0n) is 23.7. The zero-order chi connectivity index (χ0) is 28.4. The van der Waals surface area contributed by atoms with Crippen molar-refractivity contribution in [2.75, 3.05) is 27.4 Å². The van der Waals surface area contributed by atoms with Gasteiger partial charge in [-0.3, -0.25) is 9.59 Å². The summed E-state index contributed by atoms with van der Waals surface area (Å²) in [5.74, 6) is 1.76. The van der Waals surface area contributed by atoms with E-state index in [9.17, 15) is 9.59 Å². The van der Waals surface area contributed by atoms with Crippen LogP contribution in [0.3, 0.4) is 0 Å². The number of carbonyl (C=O) groups excluding carboxylic acids is 1. The number of nitrogens with zero attached hydrogens (tertiary/aromatic N) is 1. The first-order valence-electron chi connectivity index (χ1n) is 13.7. The van der Waals surface area contributed by atoms with Gasteiger partial charge in [0.25, 0.3) is 5.91 Å². The molecule has 1 aliphatic heterocycles. The average molecular weight is 542 g/mol. The molecular formula is C33H35NO6. The highest BCUT2D eigenvalue weighted by Crippen LogP contribution is 2.41. The monoisotopic (exact) mass is 541 g/mol. The van der Waals surface area contributed by atoms with E-state index in [1.807, 2.05) is 68.4 Å². The largest absolute Gasteiger partial charge is 0.497 e. The summed E-state index contributed by atoms with van der Waals surface area (Å²) in [5.41, 5.74) is 4.22. The standard InChI is InChI=1S/C33H35NO6/c1-6-7-16-39-25-13-10-23(19-26(25)38-5)30-29-31(35)28-21(3)17-20(2)18-27(28)40-32(29)33(36)34(30)15-14-22-8-11-24(37-4)12-9-22/h8-13,17-19,30H,6-7,14-16H2,1-5H3. The number of fused-ring (bicyclic) bond motifs is 2. The average Bonchev–Trinajstić information content (AvgIpc) is 3.23. The fourth-order valence-electron chi connectivity index (χ4n) is 5.43. The lowest BCUT2D eigenvalue weighted by atomic mass is 9.96. The van der Waals surface area contributed by atoms with Crippen LogP contribution < -0.4 is 19.6 Å². The second-order valence-corrected chi connectivity index (χ2v) is 10.2. The van der Waals surface area contributed by atoms with E-state index in [2.05, 4.69) is 6.92 Å². The first kappa shape index (κ1) is 27.3. The third-order valence-electron chi connectivity index (χ3n) is 7.47. The van der Waals surface area contributed by atoms with Gasteiger partial charge in [0.05, 0.1) is 37.8 Å². The van der Waals surface area contributed by atoms with Crippen molar-refractivity contribution in [1.29, 1.82) is 0 Å². The number of aryl methyl sites for hydroxylation is 2. The van der Waals surface area contributed by atoms with Crippen LogP contribution in [0.25, 0.3) is 11.0 Å². The number of benzene rings is 3. The van der Waals surface area contributed by atoms with Crippen LogP contribution in [-0.4, -0.2) is 38.2 Å². The Labute approximate surface area is 234 Å². The minimum atomic E-state index is -0.624. The van der Waals surface area contributed by atoms with Gasteiger partial charge in [-0.25, -0.2) is 0 Å². The van der Waals surface area contributed by atoms with Crippen molar-refractivity contribution in [3.8, 4) is 17.2 Å². The number of ether oxygens (including phenoxy) is 3. The minimum Gasteiger partial charge on any atom is -0.497 e. The Morgan fingerprint density at radius 3 is 2.40 bits per heavy atom. The zero-order valence-corrected chi connectivity index (χ0v) is 23.7. The van der Waals surface area contributed by atoms with E-state index >= 15 is 0 Å². The number of hydrogen-bond acceptors (Lipinski definition) is 6. The molecule has 3 aromatic carbocycles. The molecule has 2 heterocycles. The smallest absolute Gasteiger partial charge is 0.290 e. The number of rotatable bonds is 10. The molecule has 1 atom stereocenters. The van der Waals surface area contributed by atoms with Crippen molar-refractivity contribution >= 4 is 16.9 Å². The van der Waals surface area contributed by atoms with Crippen LogP contribution in [0.4, 0.5) is 0 Å². The number of methoxy groups -OCH3 is 2. The van der Waals surface area contributed by atoms with Gasteiger partial charge in [-0.2, -0.15) is 0 Å². The minimum absolute atomic E-state index is 0.101. The van der Waals surface area contributed by atoms with Crippen LogP contribution in [0, 0.1) is 13.8 Å². The van der Waals surface area contributed by atoms with E-state index < -0.39 is 6.04 Å². The van der Waals surface area contributed by atoms with E-state index in [0.29, 0.717) is 47.6 Å². The normalized spacial score (nSPS) is 14.5. The van der Waals surface area contributed by atoms with Crippen LogP contribution in [0.2, 0.25) is 0 Å². The lowest BCUT2D eigenvalue weighted by Crippen LogP contribution is -2.31. The Kier molecular flexibility index (Phi) is 7.83. The molecule has 1 unspecified atom stereocenters. The number of hydrogen-bond donors (Lipinski definition) is 0. The van der Waals surface area contributed by atoms with Gasteiger partial charge < -0.3 is 23.5 Å². The highest BCUT2D eigenvalue weighted by molar-refractivity contribution is 5.99. The molecule has 40 heavy (non-hydrogen) atoms. The second kappa shape index (κ2) is 11.5. The maximum atomic E-state index is 14.1. The van der Waals surface area contributed by atoms with Gasteiger partial charge in [-0.15, -0.1) is 0 Å². The molecule has 0 saturated heterocycles. The second-order valence-electron chi connectivity index (χ2n) is 10.2. The third-order valence-corrected chi connectivity index (χ3v) is 7.47. The molecular weight excluding hydrogens is 506 g/mol. The molecule has 7 nitrogen and oxygen atoms in total. The van der Waals surface area contributed by atoms with Gasteiger partial charge in [-0.1, -0.05) is 37.6 Å². The van der Waals surface area contributed by atoms with Gasteiger partial charge >= 0.3 is 0 Å². The maximum Gasteiger partial charge on any atom is 0.290 e. The number of unbranched alkanes of at least 4 members (excludes halogenated alkanes) is 1. The predicted octanol–water partition coefficient (Wildman–Crippen LogP) is 6.39. The van der Waals surface area contributed by atoms with Crippen molar-refractivity contribution < 1.29 is 23.4 Å². The highest BCUT2D eigenvalue weighted by atomic mass is 16.5. The van der Waals surface area contributed by atoms with Crippen molar-refractivity contribution in [1.82, 2.24) is 4.90 Å². The Balaban J connectivity index is 1.61. The fraction of sp³-hybridized carbons (Fsp3) is 0.333. The topological polar surface area (TPSA) is 78.2 Å². The Morgan fingerprint density at radius 2 is 1.70 bits per heavy atom. The molecule has 1 amide bonds. The molecule has 0 N–H and O–H groups in total. The van der Waals surface area contributed by atoms with Gasteiger partial charge in [0.15, 0.2) is 16.9 Å². The van der Waals surface area contributed by atoms with Gasteiger partial charge in [-0.05, 0) is 79.3 Å². The van der Waals surface area contributed by atoms with E-state index in [0.717, 1.165) is 40.8 Å². The maximum absolute atomic E-state index is 14.1. The van der Waals surface area contributed by atoms with Crippen molar-refractivity contribution in [2.45, 2.75) is 46.1 Å². The van der Waals surface area contributed by atoms with Crippen LogP contribution in [0.1, 0.15) is 64.2 Å². The lowest BCUT2D eigenvalue weighted by molar-refractivity contribution is 0.0730. The molecule has 5 rings (SSSR count). The Hall–Kier alpha value is -4.26. The molecule has 0 spiro atoms. The van der Waals surface area contributed by atoms with E-state index in [1.54, 1.807) is 19.1 Å². The first-order chi connectivity index (χ1) is 19.4. The SMILES string of the molecule is CCCCOc1ccc(C2c3c(oc4cc(C)cc(C)c4c3=O)C(=O)N2CCc2ccc(OC)cc2)cc1OC. The Bertz CT molecular complexity index is 1600. The summed E-state index contributed by atoms with van der Waals surface area (Å²) in [6, 6.07) is 16.5. The summed E-state index contributed by atoms with van der Waals surface area (Å²) in [6.07, 6.45) is 2.55. The highest BCUT2D eigenvalue weighted by Gasteiger charge is 2.43. The molecule has 1 aromatic heterocycles. The van der Waals surface area contributed by atoms with Gasteiger partial charge in [0.2, 0.25) is 5.76 Å². The molecule has 0 bridgehead atoms. The van der Waals surface area contributed by atoms with Crippen molar-refractivity contribution in [3.05, 3.63) is 98.4 Å². The lowest BCUT2D eigenvalue weighted by Gasteiger charge is -2.26. The molecule has 208 valence electrons. The molecule has 0 aliphatic carbocycles. The van der Waals surface area contributed by atoms with E-state index in [1.165, 1.54) is 0 Å². The summed E-state index contributed by atoms with van der Waals surface area (Å²) >= 11 is 0. The molecule has 4 aromatic rings. The van der Waals surface area contributed by atoms with Gasteiger partial charge in [0, 0.05) is 6.54 Å². The summed E-state index contributed by atoms with van der Waals surface area (Å²) in [5, 5.41) is 0.505. The first-order valence-corrected chi connectivity index (χ1v) is 13.7. The van der Waals surface area contributed by atoms with Crippen LogP contribution >= 0.6 is 0 Å². The van der Waals surface area contributed by atoms with Crippen LogP contribution in [0.15, 0.2) is 63.8 Å². The molecule has 0 radical (unpaired) electrons. The molecule has 7 heteroatoms. The van der Waals surface area contributed by atoms with Crippen molar-refractivity contribution in [3.63, 3.8) is 0 Å². The summed E-state index contributed by atoms with van der Waals surface area (Å²) in [7, 11) is 3.22. The van der Waals surface area contributed by atoms with Crippen molar-refractivity contribution in [2.24, 2.45) is 0 Å². The molecule has 0 fully saturated rings. The summed E-state index contributed by atoms with van der Waals surface area (Å²) < 4.78 is 23.1. The number of carbonyl (C=O) groups is 1. The van der Waals surface area contributed by atoms with Gasteiger partial charge in [0.1, 0.15) is 11.3 Å². The van der Waals surface area contributed by atoms with Crippen LogP contribution in [-0.2, 0) is 6.42 Å². The fourth-order valence-corrected chi connectivity index (χ4v) is 5.43. The van der Waals surface area contributed by atoms with Crippen LogP contribution in [0.5, 0.6) is 17.2 Å². The number of amides is 1. The quantitative estimate of drug-likeness (QED) is 0.216. The molecule has 0 saturated carbocycles.